The van der Waals surface area contributed by atoms with Crippen molar-refractivity contribution in [1.82, 2.24) is 15.1 Å². The third kappa shape index (κ3) is 2.45. The number of nitrogens with zero attached hydrogens (tertiary/aromatic N) is 3. The van der Waals surface area contributed by atoms with Gasteiger partial charge in [-0.2, -0.15) is 0 Å². The molecule has 2 heterocycles. The van der Waals surface area contributed by atoms with Crippen LogP contribution >= 0.6 is 11.3 Å². The van der Waals surface area contributed by atoms with Crippen LogP contribution in [0.25, 0.3) is 0 Å². The first-order valence-electron chi connectivity index (χ1n) is 6.65. The molecular formula is C12H20N4S. The third-order valence-electron chi connectivity index (χ3n) is 4.18. The molecule has 0 radical (unpaired) electrons. The van der Waals surface area contributed by atoms with E-state index in [1.54, 1.807) is 0 Å². The minimum atomic E-state index is 0.594. The van der Waals surface area contributed by atoms with Gasteiger partial charge in [0.25, 0.3) is 0 Å². The Kier molecular flexibility index (Phi) is 3.29. The summed E-state index contributed by atoms with van der Waals surface area (Å²) in [6, 6.07) is 0.794. The highest BCUT2D eigenvalue weighted by Crippen LogP contribution is 2.36. The van der Waals surface area contributed by atoms with Crippen molar-refractivity contribution in [3.05, 3.63) is 5.01 Å². The van der Waals surface area contributed by atoms with Crippen LogP contribution in [0.15, 0.2) is 0 Å². The van der Waals surface area contributed by atoms with Crippen molar-refractivity contribution < 1.29 is 0 Å². The molecule has 94 valence electrons. The summed E-state index contributed by atoms with van der Waals surface area (Å²) in [4.78, 5) is 2.61. The predicted octanol–water partition coefficient (Wildman–Crippen LogP) is 2.27. The fraction of sp³-hybridized carbons (Fsp3) is 0.833. The highest BCUT2D eigenvalue weighted by Gasteiger charge is 2.33. The minimum Gasteiger partial charge on any atom is -0.374 e. The Morgan fingerprint density at radius 3 is 2.71 bits per heavy atom. The van der Waals surface area contributed by atoms with Gasteiger partial charge in [0.15, 0.2) is 0 Å². The van der Waals surface area contributed by atoms with Crippen LogP contribution in [0.4, 0.5) is 5.13 Å². The van der Waals surface area contributed by atoms with E-state index in [-0.39, 0.29) is 0 Å². The van der Waals surface area contributed by atoms with E-state index in [9.17, 15) is 0 Å². The Morgan fingerprint density at radius 1 is 1.18 bits per heavy atom. The average molecular weight is 252 g/mol. The lowest BCUT2D eigenvalue weighted by atomic mass is 9.96. The van der Waals surface area contributed by atoms with Gasteiger partial charge in [-0.15, -0.1) is 10.2 Å². The van der Waals surface area contributed by atoms with Crippen LogP contribution in [-0.2, 0) is 6.54 Å². The van der Waals surface area contributed by atoms with Crippen LogP contribution < -0.4 is 5.73 Å². The number of anilines is 1. The molecule has 3 rings (SSSR count). The second-order valence-corrected chi connectivity index (χ2v) is 6.35. The SMILES string of the molecule is Nc1nnc(CN2CCCC2C2CCCC2)s1. The van der Waals surface area contributed by atoms with Gasteiger partial charge in [-0.05, 0) is 38.1 Å². The molecule has 1 saturated carbocycles. The summed E-state index contributed by atoms with van der Waals surface area (Å²) in [6.45, 7) is 2.18. The Balaban J connectivity index is 1.65. The molecule has 2 N–H and O–H groups in total. The lowest BCUT2D eigenvalue weighted by molar-refractivity contribution is 0.182. The van der Waals surface area contributed by atoms with Crippen LogP contribution in [0.2, 0.25) is 0 Å². The van der Waals surface area contributed by atoms with E-state index in [0.717, 1.165) is 23.5 Å². The molecule has 1 aliphatic carbocycles. The van der Waals surface area contributed by atoms with Crippen LogP contribution in [0, 0.1) is 5.92 Å². The van der Waals surface area contributed by atoms with E-state index in [1.165, 1.54) is 56.4 Å². The molecule has 1 atom stereocenters. The van der Waals surface area contributed by atoms with Crippen LogP contribution in [-0.4, -0.2) is 27.7 Å². The third-order valence-corrected chi connectivity index (χ3v) is 4.92. The van der Waals surface area contributed by atoms with Gasteiger partial charge in [0, 0.05) is 6.04 Å². The van der Waals surface area contributed by atoms with Gasteiger partial charge < -0.3 is 5.73 Å². The zero-order chi connectivity index (χ0) is 11.7. The fourth-order valence-corrected chi connectivity index (χ4v) is 4.06. The summed E-state index contributed by atoms with van der Waals surface area (Å²) in [5.74, 6) is 0.933. The van der Waals surface area contributed by atoms with E-state index in [2.05, 4.69) is 15.1 Å². The Morgan fingerprint density at radius 2 is 2.00 bits per heavy atom. The lowest BCUT2D eigenvalue weighted by Gasteiger charge is -2.28. The monoisotopic (exact) mass is 252 g/mol. The van der Waals surface area contributed by atoms with Gasteiger partial charge in [0.2, 0.25) is 5.13 Å². The van der Waals surface area contributed by atoms with E-state index in [4.69, 9.17) is 5.73 Å². The first-order valence-corrected chi connectivity index (χ1v) is 7.46. The highest BCUT2D eigenvalue weighted by molar-refractivity contribution is 7.15. The smallest absolute Gasteiger partial charge is 0.203 e. The van der Waals surface area contributed by atoms with Gasteiger partial charge >= 0.3 is 0 Å². The molecule has 0 aromatic carbocycles. The second-order valence-electron chi connectivity index (χ2n) is 5.26. The molecule has 0 amide bonds. The normalized spacial score (nSPS) is 26.9. The molecule has 1 aliphatic heterocycles. The van der Waals surface area contributed by atoms with Crippen LogP contribution in [0.5, 0.6) is 0 Å². The maximum Gasteiger partial charge on any atom is 0.203 e. The number of hydrogen-bond acceptors (Lipinski definition) is 5. The molecule has 2 aliphatic rings. The Hall–Kier alpha value is -0.680. The van der Waals surface area contributed by atoms with E-state index in [0.29, 0.717) is 5.13 Å². The number of rotatable bonds is 3. The van der Waals surface area contributed by atoms with Crippen molar-refractivity contribution in [2.24, 2.45) is 5.92 Å². The molecular weight excluding hydrogens is 232 g/mol. The van der Waals surface area contributed by atoms with Gasteiger partial charge in [-0.1, -0.05) is 24.2 Å². The Labute approximate surface area is 106 Å². The number of hydrogen-bond donors (Lipinski definition) is 1. The van der Waals surface area contributed by atoms with Crippen LogP contribution in [0.3, 0.4) is 0 Å². The standard InChI is InChI=1S/C12H20N4S/c13-12-15-14-11(17-12)8-16-7-3-6-10(16)9-4-1-2-5-9/h9-10H,1-8H2,(H2,13,15). The van der Waals surface area contributed by atoms with E-state index < -0.39 is 0 Å². The second kappa shape index (κ2) is 4.90. The summed E-state index contributed by atoms with van der Waals surface area (Å²) < 4.78 is 0. The molecule has 1 unspecified atom stereocenters. The quantitative estimate of drug-likeness (QED) is 0.896. The first-order chi connectivity index (χ1) is 8.33. The zero-order valence-corrected chi connectivity index (χ0v) is 11.0. The van der Waals surface area contributed by atoms with E-state index in [1.807, 2.05) is 0 Å². The van der Waals surface area contributed by atoms with E-state index >= 15 is 0 Å². The number of nitrogens with two attached hydrogens (primary N) is 1. The maximum atomic E-state index is 5.64. The fourth-order valence-electron chi connectivity index (χ4n) is 3.43. The lowest BCUT2D eigenvalue weighted by Crippen LogP contribution is -2.34. The first kappa shape index (κ1) is 11.4. The summed E-state index contributed by atoms with van der Waals surface area (Å²) in [7, 11) is 0. The van der Waals surface area contributed by atoms with Crippen molar-refractivity contribution in [3.8, 4) is 0 Å². The molecule has 0 bridgehead atoms. The molecule has 17 heavy (non-hydrogen) atoms. The Bertz CT molecular complexity index is 372. The van der Waals surface area contributed by atoms with Gasteiger partial charge in [-0.25, -0.2) is 0 Å². The minimum absolute atomic E-state index is 0.594. The van der Waals surface area contributed by atoms with Crippen molar-refractivity contribution in [2.45, 2.75) is 51.1 Å². The van der Waals surface area contributed by atoms with Crippen LogP contribution in [0.1, 0.15) is 43.5 Å². The van der Waals surface area contributed by atoms with Crippen molar-refractivity contribution in [1.29, 1.82) is 0 Å². The predicted molar refractivity (Wildman–Crippen MR) is 69.7 cm³/mol. The van der Waals surface area contributed by atoms with Crippen molar-refractivity contribution >= 4 is 16.5 Å². The molecule has 2 fully saturated rings. The molecule has 4 nitrogen and oxygen atoms in total. The number of aromatic nitrogens is 2. The molecule has 5 heteroatoms. The average Bonchev–Trinajstić information content (AvgIpc) is 3.00. The summed E-state index contributed by atoms with van der Waals surface area (Å²) in [6.07, 6.45) is 8.44. The largest absolute Gasteiger partial charge is 0.374 e. The molecule has 0 spiro atoms. The summed E-state index contributed by atoms with van der Waals surface area (Å²) >= 11 is 1.53. The zero-order valence-electron chi connectivity index (χ0n) is 10.1. The van der Waals surface area contributed by atoms with Gasteiger partial charge in [0.05, 0.1) is 6.54 Å². The number of nitrogen functional groups attached to an aromatic ring is 1. The molecule has 1 saturated heterocycles. The topological polar surface area (TPSA) is 55.0 Å². The number of likely N-dealkylation sites (tertiary alicyclic amines) is 1. The summed E-state index contributed by atoms with van der Waals surface area (Å²) in [5, 5.41) is 9.71. The molecule has 1 aromatic rings. The molecule has 1 aromatic heterocycles. The van der Waals surface area contributed by atoms with Gasteiger partial charge in [0.1, 0.15) is 5.01 Å². The highest BCUT2D eigenvalue weighted by atomic mass is 32.1. The maximum absolute atomic E-state index is 5.64. The van der Waals surface area contributed by atoms with Crippen molar-refractivity contribution in [2.75, 3.05) is 12.3 Å². The summed E-state index contributed by atoms with van der Waals surface area (Å²) in [5.41, 5.74) is 5.64. The van der Waals surface area contributed by atoms with Crippen molar-refractivity contribution in [3.63, 3.8) is 0 Å². The van der Waals surface area contributed by atoms with Gasteiger partial charge in [-0.3, -0.25) is 4.90 Å².